The quantitative estimate of drug-likeness (QED) is 0.815. The van der Waals surface area contributed by atoms with Crippen LogP contribution < -0.4 is 4.90 Å². The fraction of sp³-hybridized carbons (Fsp3) is 0.524. The highest BCUT2D eigenvalue weighted by atomic mass is 16.2. The Morgan fingerprint density at radius 3 is 2.85 bits per heavy atom. The maximum absolute atomic E-state index is 13.1. The summed E-state index contributed by atoms with van der Waals surface area (Å²) in [6, 6.07) is 8.15. The maximum atomic E-state index is 13.1. The van der Waals surface area contributed by atoms with Crippen LogP contribution in [0, 0.1) is 12.8 Å². The molecule has 2 aromatic heterocycles. The molecule has 0 saturated carbocycles. The minimum absolute atomic E-state index is 0.0392. The number of carbonyl (C=O) groups is 1. The van der Waals surface area contributed by atoms with Gasteiger partial charge >= 0.3 is 0 Å². The van der Waals surface area contributed by atoms with Gasteiger partial charge in [-0.15, -0.1) is 0 Å². The van der Waals surface area contributed by atoms with E-state index in [1.165, 1.54) is 0 Å². The summed E-state index contributed by atoms with van der Waals surface area (Å²) in [5.41, 5.74) is 1.95. The lowest BCUT2D eigenvalue weighted by atomic mass is 9.94. The zero-order valence-electron chi connectivity index (χ0n) is 16.1. The van der Waals surface area contributed by atoms with Gasteiger partial charge in [0.25, 0.3) is 0 Å². The van der Waals surface area contributed by atoms with Gasteiger partial charge in [0, 0.05) is 43.5 Å². The van der Waals surface area contributed by atoms with E-state index < -0.39 is 0 Å². The number of piperidine rings is 1. The van der Waals surface area contributed by atoms with E-state index >= 15 is 0 Å². The summed E-state index contributed by atoms with van der Waals surface area (Å²) in [4.78, 5) is 31.2. The minimum atomic E-state index is 0.0392. The molecule has 2 aromatic rings. The normalized spacial score (nSPS) is 22.2. The van der Waals surface area contributed by atoms with Crippen molar-refractivity contribution in [3.8, 4) is 0 Å². The molecule has 142 valence electrons. The van der Waals surface area contributed by atoms with E-state index in [1.54, 1.807) is 6.20 Å². The summed E-state index contributed by atoms with van der Waals surface area (Å²) in [7, 11) is 0. The Kier molecular flexibility index (Phi) is 5.05. The van der Waals surface area contributed by atoms with Crippen molar-refractivity contribution in [2.75, 3.05) is 18.0 Å². The van der Waals surface area contributed by atoms with Crippen molar-refractivity contribution in [1.29, 1.82) is 0 Å². The highest BCUT2D eigenvalue weighted by Gasteiger charge is 2.41. The molecule has 0 N–H and O–H groups in total. The molecular weight excluding hydrogens is 338 g/mol. The van der Waals surface area contributed by atoms with Crippen molar-refractivity contribution in [3.63, 3.8) is 0 Å². The van der Waals surface area contributed by atoms with Crippen LogP contribution in [0.4, 0.5) is 5.82 Å². The highest BCUT2D eigenvalue weighted by Crippen LogP contribution is 2.32. The molecule has 5 rings (SSSR count). The van der Waals surface area contributed by atoms with Gasteiger partial charge in [-0.3, -0.25) is 9.78 Å². The van der Waals surface area contributed by atoms with Crippen molar-refractivity contribution in [2.45, 2.75) is 52.1 Å². The Balaban J connectivity index is 1.58. The molecule has 27 heavy (non-hydrogen) atoms. The SMILES string of the molecule is CCCc1nc(C)cc(N2CC3CCC(C2)N(Cc2ccccn2)C3=O)n1. The molecule has 3 aliphatic heterocycles. The smallest absolute Gasteiger partial charge is 0.228 e. The van der Waals surface area contributed by atoms with Gasteiger partial charge < -0.3 is 9.80 Å². The van der Waals surface area contributed by atoms with Crippen LogP contribution in [0.2, 0.25) is 0 Å². The van der Waals surface area contributed by atoms with Crippen molar-refractivity contribution < 1.29 is 4.79 Å². The van der Waals surface area contributed by atoms with E-state index in [4.69, 9.17) is 4.98 Å². The molecule has 2 unspecified atom stereocenters. The predicted molar refractivity (Wildman–Crippen MR) is 104 cm³/mol. The molecular formula is C21H27N5O. The fourth-order valence-corrected chi connectivity index (χ4v) is 4.21. The maximum Gasteiger partial charge on any atom is 0.228 e. The molecule has 3 aliphatic rings. The number of rotatable bonds is 5. The van der Waals surface area contributed by atoms with E-state index in [2.05, 4.69) is 27.9 Å². The van der Waals surface area contributed by atoms with Crippen LogP contribution >= 0.6 is 0 Å². The van der Waals surface area contributed by atoms with Crippen molar-refractivity contribution in [2.24, 2.45) is 5.92 Å². The Bertz CT molecular complexity index is 809. The number of nitrogens with zero attached hydrogens (tertiary/aromatic N) is 5. The molecule has 2 atom stereocenters. The number of pyridine rings is 1. The fourth-order valence-electron chi connectivity index (χ4n) is 4.21. The average Bonchev–Trinajstić information content (AvgIpc) is 2.95. The van der Waals surface area contributed by atoms with Crippen LogP contribution in [-0.2, 0) is 17.8 Å². The molecule has 1 amide bonds. The van der Waals surface area contributed by atoms with Gasteiger partial charge in [-0.1, -0.05) is 13.0 Å². The second-order valence-electron chi connectivity index (χ2n) is 7.65. The summed E-state index contributed by atoms with van der Waals surface area (Å²) >= 11 is 0. The van der Waals surface area contributed by atoms with Crippen molar-refractivity contribution in [3.05, 3.63) is 47.7 Å². The molecule has 6 nitrogen and oxygen atoms in total. The number of anilines is 1. The number of aryl methyl sites for hydroxylation is 2. The van der Waals surface area contributed by atoms with E-state index in [-0.39, 0.29) is 17.9 Å². The summed E-state index contributed by atoms with van der Waals surface area (Å²) in [6.07, 6.45) is 5.72. The van der Waals surface area contributed by atoms with Gasteiger partial charge in [0.2, 0.25) is 5.91 Å². The number of hydrogen-bond donors (Lipinski definition) is 0. The molecule has 5 heterocycles. The molecule has 0 radical (unpaired) electrons. The van der Waals surface area contributed by atoms with E-state index in [1.807, 2.05) is 30.0 Å². The third-order valence-electron chi connectivity index (χ3n) is 5.54. The summed E-state index contributed by atoms with van der Waals surface area (Å²) in [5.74, 6) is 2.17. The Morgan fingerprint density at radius 2 is 2.07 bits per heavy atom. The molecule has 3 fully saturated rings. The van der Waals surface area contributed by atoms with Crippen LogP contribution in [0.3, 0.4) is 0 Å². The van der Waals surface area contributed by atoms with E-state index in [0.29, 0.717) is 6.54 Å². The number of amides is 1. The Hall–Kier alpha value is -2.50. The second kappa shape index (κ2) is 7.62. The third-order valence-corrected chi connectivity index (χ3v) is 5.54. The van der Waals surface area contributed by atoms with Gasteiger partial charge in [-0.05, 0) is 38.3 Å². The monoisotopic (exact) mass is 365 g/mol. The van der Waals surface area contributed by atoms with Gasteiger partial charge in [0.05, 0.1) is 18.2 Å². The van der Waals surface area contributed by atoms with Crippen molar-refractivity contribution in [1.82, 2.24) is 19.9 Å². The first-order valence-corrected chi connectivity index (χ1v) is 9.94. The number of hydrogen-bond acceptors (Lipinski definition) is 5. The van der Waals surface area contributed by atoms with Crippen molar-refractivity contribution >= 4 is 11.7 Å². The standard InChI is InChI=1S/C21H27N5O/c1-3-6-19-23-15(2)11-20(24-19)25-12-16-8-9-18(14-25)26(21(16)27)13-17-7-4-5-10-22-17/h4-5,7,10-11,16,18H,3,6,8-9,12-14H2,1-2H3. The molecule has 0 aromatic carbocycles. The predicted octanol–water partition coefficient (Wildman–Crippen LogP) is 2.76. The topological polar surface area (TPSA) is 62.2 Å². The zero-order valence-corrected chi connectivity index (χ0v) is 16.1. The lowest BCUT2D eigenvalue weighted by Gasteiger charge is -2.35. The molecule has 2 bridgehead atoms. The Labute approximate surface area is 160 Å². The lowest BCUT2D eigenvalue weighted by Crippen LogP contribution is -2.47. The van der Waals surface area contributed by atoms with Gasteiger partial charge in [-0.25, -0.2) is 9.97 Å². The first-order chi connectivity index (χ1) is 13.1. The van der Waals surface area contributed by atoms with Crippen LogP contribution in [0.25, 0.3) is 0 Å². The molecule has 6 heteroatoms. The summed E-state index contributed by atoms with van der Waals surface area (Å²) in [6.45, 7) is 6.34. The van der Waals surface area contributed by atoms with Gasteiger partial charge in [-0.2, -0.15) is 0 Å². The lowest BCUT2D eigenvalue weighted by molar-refractivity contribution is -0.140. The Morgan fingerprint density at radius 1 is 1.19 bits per heavy atom. The molecule has 3 saturated heterocycles. The van der Waals surface area contributed by atoms with Gasteiger partial charge in [0.1, 0.15) is 11.6 Å². The average molecular weight is 365 g/mol. The summed E-state index contributed by atoms with van der Waals surface area (Å²) in [5, 5.41) is 0. The van der Waals surface area contributed by atoms with Gasteiger partial charge in [0.15, 0.2) is 0 Å². The van der Waals surface area contributed by atoms with Crippen LogP contribution in [0.15, 0.2) is 30.5 Å². The molecule has 0 aliphatic carbocycles. The number of aromatic nitrogens is 3. The highest BCUT2D eigenvalue weighted by molar-refractivity contribution is 5.81. The zero-order chi connectivity index (χ0) is 18.8. The second-order valence-corrected chi connectivity index (χ2v) is 7.65. The first kappa shape index (κ1) is 17.9. The van der Waals surface area contributed by atoms with E-state index in [0.717, 1.165) is 61.8 Å². The van der Waals surface area contributed by atoms with Crippen LogP contribution in [0.1, 0.15) is 43.4 Å². The minimum Gasteiger partial charge on any atom is -0.354 e. The summed E-state index contributed by atoms with van der Waals surface area (Å²) < 4.78 is 0. The number of fused-ring (bicyclic) bond motifs is 4. The third kappa shape index (κ3) is 3.80. The van der Waals surface area contributed by atoms with Crippen LogP contribution in [0.5, 0.6) is 0 Å². The molecule has 0 spiro atoms. The largest absolute Gasteiger partial charge is 0.354 e. The van der Waals surface area contributed by atoms with Crippen LogP contribution in [-0.4, -0.2) is 44.9 Å². The first-order valence-electron chi connectivity index (χ1n) is 9.94. The number of carbonyl (C=O) groups excluding carboxylic acids is 1. The van der Waals surface area contributed by atoms with E-state index in [9.17, 15) is 4.79 Å².